The first kappa shape index (κ1) is 16.6. The lowest BCUT2D eigenvalue weighted by molar-refractivity contribution is -0.0331. The molecule has 1 unspecified atom stereocenters. The van der Waals surface area contributed by atoms with Crippen LogP contribution in [-0.4, -0.2) is 43.0 Å². The van der Waals surface area contributed by atoms with Crippen LogP contribution >= 0.6 is 11.6 Å². The molecule has 0 aliphatic carbocycles. The van der Waals surface area contributed by atoms with E-state index in [1.54, 1.807) is 4.90 Å². The first-order chi connectivity index (χ1) is 10.8. The van der Waals surface area contributed by atoms with E-state index in [2.05, 4.69) is 0 Å². The van der Waals surface area contributed by atoms with Crippen molar-refractivity contribution < 1.29 is 19.0 Å². The first-order valence-corrected chi connectivity index (χ1v) is 8.20. The quantitative estimate of drug-likeness (QED) is 0.770. The van der Waals surface area contributed by atoms with E-state index in [4.69, 9.17) is 25.8 Å². The lowest BCUT2D eigenvalue weighted by Crippen LogP contribution is -2.45. The number of nitrogens with zero attached hydrogens (tertiary/aromatic N) is 1. The van der Waals surface area contributed by atoms with E-state index in [1.807, 2.05) is 39.0 Å². The maximum atomic E-state index is 12.5. The average molecular weight is 340 g/mol. The Morgan fingerprint density at radius 1 is 1.26 bits per heavy atom. The number of morpholine rings is 1. The Hall–Kier alpha value is -1.30. The van der Waals surface area contributed by atoms with Gasteiger partial charge in [-0.25, -0.2) is 4.79 Å². The number of epoxide rings is 1. The van der Waals surface area contributed by atoms with Crippen molar-refractivity contribution >= 4 is 17.7 Å². The molecule has 1 aromatic rings. The van der Waals surface area contributed by atoms with Gasteiger partial charge in [-0.1, -0.05) is 17.7 Å². The SMILES string of the molecule is CC(C)(C)OC(=O)N1CCOC[C@H]1c1cc(Cl)cc(C2CO2)c1. The van der Waals surface area contributed by atoms with Gasteiger partial charge in [0.2, 0.25) is 0 Å². The van der Waals surface area contributed by atoms with Gasteiger partial charge in [0.05, 0.1) is 25.9 Å². The molecule has 2 aliphatic heterocycles. The van der Waals surface area contributed by atoms with Crippen molar-refractivity contribution in [3.8, 4) is 0 Å². The van der Waals surface area contributed by atoms with E-state index in [-0.39, 0.29) is 18.2 Å². The van der Waals surface area contributed by atoms with Gasteiger partial charge < -0.3 is 14.2 Å². The zero-order chi connectivity index (χ0) is 16.6. The molecule has 6 heteroatoms. The normalized spacial score (nSPS) is 24.4. The third kappa shape index (κ3) is 4.16. The van der Waals surface area contributed by atoms with Gasteiger partial charge in [0.25, 0.3) is 0 Å². The fourth-order valence-corrected chi connectivity index (χ4v) is 2.93. The molecule has 0 N–H and O–H groups in total. The van der Waals surface area contributed by atoms with Gasteiger partial charge in [-0.3, -0.25) is 4.90 Å². The molecule has 0 spiro atoms. The summed E-state index contributed by atoms with van der Waals surface area (Å²) >= 11 is 6.24. The number of carbonyl (C=O) groups excluding carboxylic acids is 1. The fraction of sp³-hybridized carbons (Fsp3) is 0.588. The number of ether oxygens (including phenoxy) is 3. The van der Waals surface area contributed by atoms with Crippen LogP contribution < -0.4 is 0 Å². The maximum Gasteiger partial charge on any atom is 0.410 e. The molecule has 3 rings (SSSR count). The predicted molar refractivity (Wildman–Crippen MR) is 86.6 cm³/mol. The molecule has 2 aliphatic rings. The van der Waals surface area contributed by atoms with Gasteiger partial charge in [-0.05, 0) is 44.0 Å². The van der Waals surface area contributed by atoms with E-state index in [9.17, 15) is 4.79 Å². The number of benzene rings is 1. The van der Waals surface area contributed by atoms with Gasteiger partial charge in [0.15, 0.2) is 0 Å². The number of rotatable bonds is 2. The Labute approximate surface area is 141 Å². The summed E-state index contributed by atoms with van der Waals surface area (Å²) in [6.07, 6.45) is -0.207. The molecule has 0 radical (unpaired) electrons. The largest absolute Gasteiger partial charge is 0.444 e. The Morgan fingerprint density at radius 2 is 1.96 bits per heavy atom. The van der Waals surface area contributed by atoms with Crippen LogP contribution in [0.5, 0.6) is 0 Å². The fourth-order valence-electron chi connectivity index (χ4n) is 2.67. The molecular weight excluding hydrogens is 318 g/mol. The van der Waals surface area contributed by atoms with Gasteiger partial charge in [-0.15, -0.1) is 0 Å². The highest BCUT2D eigenvalue weighted by Crippen LogP contribution is 2.35. The van der Waals surface area contributed by atoms with Crippen molar-refractivity contribution in [2.75, 3.05) is 26.4 Å². The number of amides is 1. The number of halogens is 1. The van der Waals surface area contributed by atoms with Crippen LogP contribution in [0.25, 0.3) is 0 Å². The summed E-state index contributed by atoms with van der Waals surface area (Å²) in [7, 11) is 0. The molecule has 2 atom stereocenters. The van der Waals surface area contributed by atoms with Crippen LogP contribution in [0.1, 0.15) is 44.0 Å². The minimum absolute atomic E-state index is 0.118. The summed E-state index contributed by atoms with van der Waals surface area (Å²) in [5.41, 5.74) is 1.47. The molecule has 0 bridgehead atoms. The highest BCUT2D eigenvalue weighted by molar-refractivity contribution is 6.30. The average Bonchev–Trinajstić information content (AvgIpc) is 3.29. The van der Waals surface area contributed by atoms with Crippen molar-refractivity contribution in [1.82, 2.24) is 4.90 Å². The standard InChI is InChI=1S/C17H22ClNO4/c1-17(2,3)23-16(20)19-4-5-21-9-14(19)11-6-12(15-10-22-15)8-13(18)7-11/h6-8,14-15H,4-5,9-10H2,1-3H3/t14-,15?/m0/s1. The molecule has 1 aromatic carbocycles. The highest BCUT2D eigenvalue weighted by Gasteiger charge is 2.33. The van der Waals surface area contributed by atoms with Gasteiger partial charge in [0.1, 0.15) is 11.7 Å². The van der Waals surface area contributed by atoms with Crippen molar-refractivity contribution in [3.05, 3.63) is 34.3 Å². The summed E-state index contributed by atoms with van der Waals surface area (Å²) in [5.74, 6) is 0. The zero-order valence-corrected chi connectivity index (χ0v) is 14.4. The third-order valence-electron chi connectivity index (χ3n) is 3.79. The third-order valence-corrected chi connectivity index (χ3v) is 4.01. The Bertz CT molecular complexity index is 595. The maximum absolute atomic E-state index is 12.5. The second kappa shape index (κ2) is 6.30. The van der Waals surface area contributed by atoms with Crippen molar-refractivity contribution in [2.45, 2.75) is 38.5 Å². The van der Waals surface area contributed by atoms with Crippen LogP contribution in [0.3, 0.4) is 0 Å². The highest BCUT2D eigenvalue weighted by atomic mass is 35.5. The Morgan fingerprint density at radius 3 is 2.61 bits per heavy atom. The summed E-state index contributed by atoms with van der Waals surface area (Å²) < 4.78 is 16.4. The summed E-state index contributed by atoms with van der Waals surface area (Å²) in [6.45, 7) is 7.75. The minimum atomic E-state index is -0.527. The smallest absolute Gasteiger partial charge is 0.410 e. The van der Waals surface area contributed by atoms with Crippen LogP contribution in [0, 0.1) is 0 Å². The summed E-state index contributed by atoms with van der Waals surface area (Å²) in [6, 6.07) is 5.63. The second-order valence-electron chi connectivity index (χ2n) is 6.90. The van der Waals surface area contributed by atoms with Crippen molar-refractivity contribution in [3.63, 3.8) is 0 Å². The zero-order valence-electron chi connectivity index (χ0n) is 13.7. The van der Waals surface area contributed by atoms with Gasteiger partial charge in [-0.2, -0.15) is 0 Å². The van der Waals surface area contributed by atoms with Crippen LogP contribution in [0.4, 0.5) is 4.79 Å². The Balaban J connectivity index is 1.85. The van der Waals surface area contributed by atoms with Crippen LogP contribution in [0.2, 0.25) is 5.02 Å². The molecule has 126 valence electrons. The van der Waals surface area contributed by atoms with E-state index in [1.165, 1.54) is 0 Å². The van der Waals surface area contributed by atoms with Crippen LogP contribution in [0.15, 0.2) is 18.2 Å². The van der Waals surface area contributed by atoms with E-state index in [0.29, 0.717) is 24.8 Å². The molecular formula is C17H22ClNO4. The summed E-state index contributed by atoms with van der Waals surface area (Å²) in [4.78, 5) is 14.2. The lowest BCUT2D eigenvalue weighted by Gasteiger charge is -2.37. The summed E-state index contributed by atoms with van der Waals surface area (Å²) in [5, 5.41) is 0.641. The lowest BCUT2D eigenvalue weighted by atomic mass is 10.0. The van der Waals surface area contributed by atoms with Crippen molar-refractivity contribution in [2.24, 2.45) is 0 Å². The molecule has 2 saturated heterocycles. The number of hydrogen-bond donors (Lipinski definition) is 0. The minimum Gasteiger partial charge on any atom is -0.444 e. The number of hydrogen-bond acceptors (Lipinski definition) is 4. The van der Waals surface area contributed by atoms with E-state index >= 15 is 0 Å². The molecule has 0 aromatic heterocycles. The monoisotopic (exact) mass is 339 g/mol. The molecule has 0 saturated carbocycles. The number of carbonyl (C=O) groups is 1. The molecule has 23 heavy (non-hydrogen) atoms. The van der Waals surface area contributed by atoms with Crippen molar-refractivity contribution in [1.29, 1.82) is 0 Å². The molecule has 5 nitrogen and oxygen atoms in total. The van der Waals surface area contributed by atoms with Gasteiger partial charge in [0, 0.05) is 11.6 Å². The predicted octanol–water partition coefficient (Wildman–Crippen LogP) is 3.72. The van der Waals surface area contributed by atoms with E-state index in [0.717, 1.165) is 17.7 Å². The first-order valence-electron chi connectivity index (χ1n) is 7.83. The topological polar surface area (TPSA) is 51.3 Å². The van der Waals surface area contributed by atoms with Gasteiger partial charge >= 0.3 is 6.09 Å². The van der Waals surface area contributed by atoms with E-state index < -0.39 is 5.60 Å². The Kier molecular flexibility index (Phi) is 4.54. The molecule has 2 heterocycles. The molecule has 2 fully saturated rings. The molecule has 1 amide bonds. The second-order valence-corrected chi connectivity index (χ2v) is 7.34. The van der Waals surface area contributed by atoms with Crippen LogP contribution in [-0.2, 0) is 14.2 Å².